The first-order valence-corrected chi connectivity index (χ1v) is 12.4. The quantitative estimate of drug-likeness (QED) is 0.301. The summed E-state index contributed by atoms with van der Waals surface area (Å²) in [6.07, 6.45) is 0. The highest BCUT2D eigenvalue weighted by molar-refractivity contribution is 8.13. The van der Waals surface area contributed by atoms with Gasteiger partial charge in [-0.3, -0.25) is 14.9 Å². The van der Waals surface area contributed by atoms with Crippen LogP contribution in [0.5, 0.6) is 11.5 Å². The molecule has 37 heavy (non-hydrogen) atoms. The second-order valence-corrected chi connectivity index (χ2v) is 9.10. The number of nitrogens with zero attached hydrogens (tertiary/aromatic N) is 2. The van der Waals surface area contributed by atoms with Crippen LogP contribution in [-0.4, -0.2) is 30.2 Å². The van der Waals surface area contributed by atoms with E-state index >= 15 is 0 Å². The number of carbonyl (C=O) groups excluding carboxylic acids is 1. The maximum Gasteiger partial charge on any atom is 0.269 e. The first kappa shape index (κ1) is 25.8. The van der Waals surface area contributed by atoms with Gasteiger partial charge in [0.1, 0.15) is 17.5 Å². The molecule has 0 aromatic heterocycles. The van der Waals surface area contributed by atoms with Crippen molar-refractivity contribution in [1.29, 1.82) is 0 Å². The molecule has 1 aliphatic heterocycles. The number of aliphatic imine (C=N–C) groups is 1. The largest absolute Gasteiger partial charge is 0.497 e. The Balaban J connectivity index is 1.65. The zero-order valence-corrected chi connectivity index (χ0v) is 21.4. The summed E-state index contributed by atoms with van der Waals surface area (Å²) < 4.78 is 11.0. The number of methoxy groups -OCH3 is 2. The van der Waals surface area contributed by atoms with E-state index < -0.39 is 11.0 Å². The van der Waals surface area contributed by atoms with Crippen LogP contribution in [0.4, 0.5) is 11.4 Å². The van der Waals surface area contributed by atoms with Crippen molar-refractivity contribution in [1.82, 2.24) is 5.32 Å². The van der Waals surface area contributed by atoms with Crippen LogP contribution < -0.4 is 20.1 Å². The molecule has 0 fully saturated rings. The summed E-state index contributed by atoms with van der Waals surface area (Å²) in [5, 5.41) is 17.8. The number of thioether (sulfide) groups is 1. The normalized spacial score (nSPS) is 14.9. The highest BCUT2D eigenvalue weighted by Crippen LogP contribution is 2.39. The molecule has 2 N–H and O–H groups in total. The van der Waals surface area contributed by atoms with Gasteiger partial charge in [-0.1, -0.05) is 42.1 Å². The molecule has 3 aromatic carbocycles. The molecule has 3 aromatic rings. The predicted octanol–water partition coefficient (Wildman–Crippen LogP) is 5.46. The third-order valence-electron chi connectivity index (χ3n) is 5.75. The molecule has 0 aliphatic carbocycles. The Morgan fingerprint density at radius 1 is 1.08 bits per heavy atom. The van der Waals surface area contributed by atoms with Gasteiger partial charge in [0.15, 0.2) is 5.17 Å². The number of para-hydroxylation sites is 1. The molecule has 0 spiro atoms. The van der Waals surface area contributed by atoms with Crippen LogP contribution in [0.15, 0.2) is 89.1 Å². The molecule has 0 unspecified atom stereocenters. The summed E-state index contributed by atoms with van der Waals surface area (Å²) in [6, 6.07) is 20.4. The van der Waals surface area contributed by atoms with Crippen molar-refractivity contribution < 1.29 is 19.2 Å². The molecule has 1 atom stereocenters. The summed E-state index contributed by atoms with van der Waals surface area (Å²) in [5.74, 6) is 1.44. The second-order valence-electron chi connectivity index (χ2n) is 8.14. The van der Waals surface area contributed by atoms with Crippen molar-refractivity contribution in [2.24, 2.45) is 4.99 Å². The minimum Gasteiger partial charge on any atom is -0.497 e. The summed E-state index contributed by atoms with van der Waals surface area (Å²) in [6.45, 7) is 1.84. The number of benzene rings is 3. The van der Waals surface area contributed by atoms with Crippen molar-refractivity contribution in [2.75, 3.05) is 19.5 Å². The smallest absolute Gasteiger partial charge is 0.269 e. The number of ether oxygens (including phenoxy) is 2. The number of hydrogen-bond acceptors (Lipinski definition) is 8. The Hall–Kier alpha value is -4.31. The van der Waals surface area contributed by atoms with Crippen LogP contribution in [0.2, 0.25) is 0 Å². The Labute approximate surface area is 218 Å². The summed E-state index contributed by atoms with van der Waals surface area (Å²) >= 11 is 1.44. The van der Waals surface area contributed by atoms with E-state index in [0.29, 0.717) is 39.4 Å². The van der Waals surface area contributed by atoms with Gasteiger partial charge in [0.25, 0.3) is 11.6 Å². The predicted molar refractivity (Wildman–Crippen MR) is 145 cm³/mol. The number of allylic oxidation sites excluding steroid dienone is 1. The third-order valence-corrected chi connectivity index (χ3v) is 6.71. The number of amides is 1. The minimum atomic E-state index is -0.634. The Bertz CT molecular complexity index is 1360. The van der Waals surface area contributed by atoms with Crippen LogP contribution in [-0.2, 0) is 10.5 Å². The number of nitro benzene ring substituents is 1. The third kappa shape index (κ3) is 6.10. The van der Waals surface area contributed by atoms with Crippen LogP contribution in [0.25, 0.3) is 0 Å². The Morgan fingerprint density at radius 2 is 1.81 bits per heavy atom. The van der Waals surface area contributed by atoms with E-state index in [-0.39, 0.29) is 11.6 Å². The maximum atomic E-state index is 13.5. The van der Waals surface area contributed by atoms with Crippen LogP contribution in [0.3, 0.4) is 0 Å². The van der Waals surface area contributed by atoms with Crippen molar-refractivity contribution >= 4 is 34.2 Å². The van der Waals surface area contributed by atoms with Crippen molar-refractivity contribution in [3.63, 3.8) is 0 Å². The first-order chi connectivity index (χ1) is 17.9. The fourth-order valence-corrected chi connectivity index (χ4v) is 4.77. The Kier molecular flexibility index (Phi) is 8.09. The van der Waals surface area contributed by atoms with E-state index in [2.05, 4.69) is 10.6 Å². The number of non-ortho nitro benzene ring substituents is 1. The molecule has 9 nitrogen and oxygen atoms in total. The molecule has 1 aliphatic rings. The minimum absolute atomic E-state index is 0.0430. The molecule has 1 heterocycles. The topological polar surface area (TPSA) is 115 Å². The number of carbonyl (C=O) groups is 1. The molecular weight excluding hydrogens is 492 g/mol. The average molecular weight is 519 g/mol. The number of amidine groups is 1. The van der Waals surface area contributed by atoms with E-state index in [4.69, 9.17) is 14.5 Å². The van der Waals surface area contributed by atoms with Crippen molar-refractivity contribution in [3.05, 3.63) is 105 Å². The first-order valence-electron chi connectivity index (χ1n) is 11.4. The monoisotopic (exact) mass is 518 g/mol. The zero-order valence-electron chi connectivity index (χ0n) is 20.6. The van der Waals surface area contributed by atoms with Gasteiger partial charge >= 0.3 is 0 Å². The number of hydrogen-bond donors (Lipinski definition) is 2. The zero-order chi connectivity index (χ0) is 26.4. The lowest BCUT2D eigenvalue weighted by Crippen LogP contribution is -2.32. The highest BCUT2D eigenvalue weighted by atomic mass is 32.2. The number of anilines is 1. The lowest BCUT2D eigenvalue weighted by Gasteiger charge is -2.27. The van der Waals surface area contributed by atoms with Gasteiger partial charge in [-0.25, -0.2) is 4.99 Å². The van der Waals surface area contributed by atoms with E-state index in [0.717, 1.165) is 11.1 Å². The van der Waals surface area contributed by atoms with E-state index in [1.165, 1.54) is 23.9 Å². The lowest BCUT2D eigenvalue weighted by molar-refractivity contribution is -0.384. The standard InChI is InChI=1S/C27H26N4O5S/c1-17-24(26(32)29-19-7-5-4-6-8-19)25(22-14-13-21(35-2)15-23(22)36-3)30-27(28-17)37-16-18-9-11-20(12-10-18)31(33)34/h4-15,25H,16H2,1-3H3,(H,28,30)(H,29,32)/t25-/m0/s1. The molecule has 4 rings (SSSR count). The summed E-state index contributed by atoms with van der Waals surface area (Å²) in [5.41, 5.74) is 3.48. The van der Waals surface area contributed by atoms with E-state index in [1.54, 1.807) is 38.5 Å². The maximum absolute atomic E-state index is 13.5. The molecule has 190 valence electrons. The van der Waals surface area contributed by atoms with Gasteiger partial charge in [-0.05, 0) is 36.8 Å². The second kappa shape index (κ2) is 11.6. The fraction of sp³-hybridized carbons (Fsp3) is 0.185. The molecular formula is C27H26N4O5S. The van der Waals surface area contributed by atoms with Crippen LogP contribution in [0.1, 0.15) is 24.1 Å². The van der Waals surface area contributed by atoms with Crippen molar-refractivity contribution in [3.8, 4) is 11.5 Å². The molecule has 0 saturated heterocycles. The number of rotatable bonds is 8. The van der Waals surface area contributed by atoms with Crippen LogP contribution in [0, 0.1) is 10.1 Å². The lowest BCUT2D eigenvalue weighted by atomic mass is 9.95. The SMILES string of the molecule is COc1ccc([C@@H]2N=C(SCc3ccc([N+](=O)[O-])cc3)NC(C)=C2C(=O)Nc2ccccc2)c(OC)c1. The highest BCUT2D eigenvalue weighted by Gasteiger charge is 2.31. The number of nitro groups is 1. The Morgan fingerprint density at radius 3 is 2.46 bits per heavy atom. The fourth-order valence-electron chi connectivity index (χ4n) is 3.87. The van der Waals surface area contributed by atoms with Gasteiger partial charge in [-0.2, -0.15) is 0 Å². The van der Waals surface area contributed by atoms with Gasteiger partial charge in [0.05, 0.1) is 24.7 Å². The van der Waals surface area contributed by atoms with Gasteiger partial charge in [-0.15, -0.1) is 0 Å². The average Bonchev–Trinajstić information content (AvgIpc) is 2.91. The van der Waals surface area contributed by atoms with E-state index in [1.807, 2.05) is 43.3 Å². The molecule has 1 amide bonds. The molecule has 0 radical (unpaired) electrons. The van der Waals surface area contributed by atoms with Gasteiger partial charge in [0, 0.05) is 40.9 Å². The molecule has 0 saturated carbocycles. The van der Waals surface area contributed by atoms with Gasteiger partial charge in [0.2, 0.25) is 0 Å². The molecule has 0 bridgehead atoms. The van der Waals surface area contributed by atoms with Crippen LogP contribution >= 0.6 is 11.8 Å². The molecule has 10 heteroatoms. The number of nitrogens with one attached hydrogen (secondary N) is 2. The van der Waals surface area contributed by atoms with E-state index in [9.17, 15) is 14.9 Å². The van der Waals surface area contributed by atoms with Gasteiger partial charge < -0.3 is 20.1 Å². The van der Waals surface area contributed by atoms with Crippen molar-refractivity contribution in [2.45, 2.75) is 18.7 Å². The summed E-state index contributed by atoms with van der Waals surface area (Å²) in [7, 11) is 3.14. The summed E-state index contributed by atoms with van der Waals surface area (Å²) in [4.78, 5) is 28.9.